The van der Waals surface area contributed by atoms with Crippen LogP contribution >= 0.6 is 11.6 Å². The Hall–Kier alpha value is -3.09. The van der Waals surface area contributed by atoms with Crippen LogP contribution in [0.25, 0.3) is 5.57 Å². The first-order valence-electron chi connectivity index (χ1n) is 9.42. The molecule has 1 aliphatic rings. The number of anilines is 2. The van der Waals surface area contributed by atoms with E-state index in [1.54, 1.807) is 55.5 Å². The number of rotatable bonds is 4. The molecule has 0 fully saturated rings. The number of nitrogens with zero attached hydrogens (tertiary/aromatic N) is 1. The predicted octanol–water partition coefficient (Wildman–Crippen LogP) is 4.91. The van der Waals surface area contributed by atoms with Crippen molar-refractivity contribution < 1.29 is 13.2 Å². The Morgan fingerprint density at radius 2 is 1.67 bits per heavy atom. The van der Waals surface area contributed by atoms with Crippen molar-refractivity contribution in [3.8, 4) is 0 Å². The van der Waals surface area contributed by atoms with Gasteiger partial charge < -0.3 is 5.32 Å². The molecule has 152 valence electrons. The zero-order valence-corrected chi connectivity index (χ0v) is 17.7. The van der Waals surface area contributed by atoms with Gasteiger partial charge in [0.1, 0.15) is 0 Å². The summed E-state index contributed by atoms with van der Waals surface area (Å²) < 4.78 is 28.4. The van der Waals surface area contributed by atoms with E-state index in [0.29, 0.717) is 33.1 Å². The van der Waals surface area contributed by atoms with Crippen LogP contribution in [-0.4, -0.2) is 20.9 Å². The number of amides is 1. The first-order chi connectivity index (χ1) is 14.4. The molecule has 0 unspecified atom stereocenters. The van der Waals surface area contributed by atoms with Crippen molar-refractivity contribution >= 4 is 44.5 Å². The molecule has 0 radical (unpaired) electrons. The number of benzene rings is 3. The first-order valence-corrected chi connectivity index (χ1v) is 11.2. The van der Waals surface area contributed by atoms with Gasteiger partial charge in [-0.3, -0.25) is 9.10 Å². The first kappa shape index (κ1) is 20.2. The molecule has 3 aromatic rings. The van der Waals surface area contributed by atoms with E-state index in [4.69, 9.17) is 11.6 Å². The van der Waals surface area contributed by atoms with E-state index < -0.39 is 15.9 Å². The number of hydrogen-bond donors (Lipinski definition) is 1. The predicted molar refractivity (Wildman–Crippen MR) is 121 cm³/mol. The molecule has 1 N–H and O–H groups in total. The van der Waals surface area contributed by atoms with Crippen molar-refractivity contribution in [1.82, 2.24) is 0 Å². The molecule has 7 heteroatoms. The second kappa shape index (κ2) is 7.97. The number of carbonyl (C=O) groups excluding carboxylic acids is 1. The van der Waals surface area contributed by atoms with E-state index in [-0.39, 0.29) is 11.4 Å². The summed E-state index contributed by atoms with van der Waals surface area (Å²) in [5, 5.41) is 3.14. The molecular weight excluding hydrogens is 420 g/mol. The van der Waals surface area contributed by atoms with Gasteiger partial charge in [0, 0.05) is 28.4 Å². The average Bonchev–Trinajstić information content (AvgIpc) is 2.73. The summed E-state index contributed by atoms with van der Waals surface area (Å²) in [5.74, 6) is -0.705. The number of sulfonamides is 1. The van der Waals surface area contributed by atoms with Crippen molar-refractivity contribution in [3.05, 3.63) is 99.9 Å². The number of fused-ring (bicyclic) bond motifs is 1. The third-order valence-electron chi connectivity index (χ3n) is 4.86. The fourth-order valence-corrected chi connectivity index (χ4v) is 5.55. The molecule has 1 amide bonds. The molecule has 0 atom stereocenters. The SMILES string of the molecule is CCN1c2ccccc2C(c2ccccc2)=C(C(=O)Nc2cccc(Cl)c2)S1(=O)=O. The van der Waals surface area contributed by atoms with Gasteiger partial charge in [0.25, 0.3) is 15.9 Å². The Bertz CT molecular complexity index is 1250. The number of carbonyl (C=O) groups is 1. The summed E-state index contributed by atoms with van der Waals surface area (Å²) in [5.41, 5.74) is 2.70. The number of hydrogen-bond acceptors (Lipinski definition) is 3. The fraction of sp³-hybridized carbons (Fsp3) is 0.0870. The second-order valence-corrected chi connectivity index (χ2v) is 8.96. The van der Waals surface area contributed by atoms with Crippen LogP contribution in [0.3, 0.4) is 0 Å². The molecule has 1 aliphatic heterocycles. The number of para-hydroxylation sites is 1. The van der Waals surface area contributed by atoms with Crippen LogP contribution in [0.1, 0.15) is 18.1 Å². The Labute approximate surface area is 180 Å². The zero-order valence-electron chi connectivity index (χ0n) is 16.2. The van der Waals surface area contributed by atoms with E-state index in [0.717, 1.165) is 0 Å². The quantitative estimate of drug-likeness (QED) is 0.629. The van der Waals surface area contributed by atoms with E-state index in [9.17, 15) is 13.2 Å². The molecule has 30 heavy (non-hydrogen) atoms. The minimum atomic E-state index is -4.09. The van der Waals surface area contributed by atoms with E-state index >= 15 is 0 Å². The second-order valence-electron chi connectivity index (χ2n) is 6.72. The van der Waals surface area contributed by atoms with Crippen LogP contribution in [0, 0.1) is 0 Å². The number of nitrogens with one attached hydrogen (secondary N) is 1. The van der Waals surface area contributed by atoms with E-state index in [1.807, 2.05) is 30.3 Å². The monoisotopic (exact) mass is 438 g/mol. The summed E-state index contributed by atoms with van der Waals surface area (Å²) in [4.78, 5) is 13.0. The molecule has 0 saturated carbocycles. The molecule has 1 heterocycles. The van der Waals surface area contributed by atoms with Gasteiger partial charge in [-0.15, -0.1) is 0 Å². The highest BCUT2D eigenvalue weighted by Crippen LogP contribution is 2.42. The van der Waals surface area contributed by atoms with Gasteiger partial charge in [0.2, 0.25) is 0 Å². The molecule has 4 rings (SSSR count). The Kier molecular flexibility index (Phi) is 5.37. The Morgan fingerprint density at radius 1 is 0.967 bits per heavy atom. The highest BCUT2D eigenvalue weighted by molar-refractivity contribution is 7.97. The lowest BCUT2D eigenvalue weighted by atomic mass is 9.95. The van der Waals surface area contributed by atoms with Crippen molar-refractivity contribution in [3.63, 3.8) is 0 Å². The maximum absolute atomic E-state index is 13.6. The highest BCUT2D eigenvalue weighted by atomic mass is 35.5. The molecule has 0 bridgehead atoms. The van der Waals surface area contributed by atoms with Gasteiger partial charge in [-0.25, -0.2) is 8.42 Å². The van der Waals surface area contributed by atoms with Crippen LogP contribution in [0.2, 0.25) is 5.02 Å². The lowest BCUT2D eigenvalue weighted by molar-refractivity contribution is -0.112. The van der Waals surface area contributed by atoms with E-state index in [1.165, 1.54) is 4.31 Å². The molecular formula is C23H19ClN2O3S. The third-order valence-corrected chi connectivity index (χ3v) is 7.03. The maximum atomic E-state index is 13.6. The van der Waals surface area contributed by atoms with Gasteiger partial charge in [0.05, 0.1) is 5.69 Å². The molecule has 0 saturated heterocycles. The summed E-state index contributed by atoms with van der Waals surface area (Å²) in [6.45, 7) is 1.95. The fourth-order valence-electron chi connectivity index (χ4n) is 3.61. The average molecular weight is 439 g/mol. The van der Waals surface area contributed by atoms with Crippen molar-refractivity contribution in [2.45, 2.75) is 6.92 Å². The van der Waals surface area contributed by atoms with Gasteiger partial charge in [0.15, 0.2) is 4.91 Å². The van der Waals surface area contributed by atoms with Crippen molar-refractivity contribution in [2.75, 3.05) is 16.2 Å². The standard InChI is InChI=1S/C23H19ClN2O3S/c1-2-26-20-14-7-6-13-19(20)21(16-9-4-3-5-10-16)22(30(26,28)29)23(27)25-18-12-8-11-17(24)15-18/h3-15H,2H2,1H3,(H,25,27). The summed E-state index contributed by atoms with van der Waals surface area (Å²) >= 11 is 6.02. The third kappa shape index (κ3) is 3.49. The Morgan fingerprint density at radius 3 is 2.37 bits per heavy atom. The minimum Gasteiger partial charge on any atom is -0.321 e. The summed E-state index contributed by atoms with van der Waals surface area (Å²) in [7, 11) is -4.09. The largest absolute Gasteiger partial charge is 0.321 e. The van der Waals surface area contributed by atoms with Crippen molar-refractivity contribution in [1.29, 1.82) is 0 Å². The topological polar surface area (TPSA) is 66.5 Å². The molecule has 0 spiro atoms. The van der Waals surface area contributed by atoms with Crippen molar-refractivity contribution in [2.24, 2.45) is 0 Å². The van der Waals surface area contributed by atoms with Crippen LogP contribution in [-0.2, 0) is 14.8 Å². The van der Waals surface area contributed by atoms with E-state index in [2.05, 4.69) is 5.32 Å². The minimum absolute atomic E-state index is 0.204. The van der Waals surface area contributed by atoms with Crippen LogP contribution in [0.5, 0.6) is 0 Å². The summed E-state index contributed by atoms with van der Waals surface area (Å²) in [6.07, 6.45) is 0. The lowest BCUT2D eigenvalue weighted by Crippen LogP contribution is -2.39. The molecule has 5 nitrogen and oxygen atoms in total. The molecule has 0 aliphatic carbocycles. The van der Waals surface area contributed by atoms with Crippen LogP contribution in [0.15, 0.2) is 83.8 Å². The van der Waals surface area contributed by atoms with Crippen LogP contribution in [0.4, 0.5) is 11.4 Å². The lowest BCUT2D eigenvalue weighted by Gasteiger charge is -2.32. The highest BCUT2D eigenvalue weighted by Gasteiger charge is 2.40. The Balaban J connectivity index is 1.98. The number of halogens is 1. The van der Waals surface area contributed by atoms with Gasteiger partial charge >= 0.3 is 0 Å². The molecule has 3 aromatic carbocycles. The normalized spacial score (nSPS) is 14.9. The van der Waals surface area contributed by atoms with Gasteiger partial charge in [-0.05, 0) is 36.8 Å². The zero-order chi connectivity index (χ0) is 21.3. The summed E-state index contributed by atoms with van der Waals surface area (Å²) in [6, 6.07) is 22.9. The smallest absolute Gasteiger partial charge is 0.270 e. The van der Waals surface area contributed by atoms with Crippen LogP contribution < -0.4 is 9.62 Å². The van der Waals surface area contributed by atoms with Gasteiger partial charge in [-0.2, -0.15) is 0 Å². The van der Waals surface area contributed by atoms with Gasteiger partial charge in [-0.1, -0.05) is 66.2 Å². The molecule has 0 aromatic heterocycles. The maximum Gasteiger partial charge on any atom is 0.270 e.